The van der Waals surface area contributed by atoms with E-state index in [0.29, 0.717) is 25.3 Å². The number of esters is 1. The van der Waals surface area contributed by atoms with Crippen molar-refractivity contribution in [3.63, 3.8) is 0 Å². The number of benzene rings is 2. The van der Waals surface area contributed by atoms with Crippen LogP contribution in [0.15, 0.2) is 54.6 Å². The van der Waals surface area contributed by atoms with Crippen molar-refractivity contribution in [1.29, 1.82) is 0 Å². The van der Waals surface area contributed by atoms with Gasteiger partial charge in [0.15, 0.2) is 11.5 Å². The molecule has 0 saturated carbocycles. The van der Waals surface area contributed by atoms with Crippen LogP contribution in [0.2, 0.25) is 0 Å². The van der Waals surface area contributed by atoms with Crippen LogP contribution < -0.4 is 14.8 Å². The maximum atomic E-state index is 13.3. The van der Waals surface area contributed by atoms with Crippen molar-refractivity contribution >= 4 is 12.1 Å². The smallest absolute Gasteiger partial charge is 0.408 e. The van der Waals surface area contributed by atoms with Gasteiger partial charge >= 0.3 is 12.1 Å². The van der Waals surface area contributed by atoms with Crippen LogP contribution in [0.3, 0.4) is 0 Å². The van der Waals surface area contributed by atoms with Crippen molar-refractivity contribution in [3.05, 3.63) is 71.3 Å². The van der Waals surface area contributed by atoms with Crippen LogP contribution in [0.5, 0.6) is 11.5 Å². The number of amides is 1. The Labute approximate surface area is 235 Å². The van der Waals surface area contributed by atoms with Crippen molar-refractivity contribution in [2.24, 2.45) is 0 Å². The lowest BCUT2D eigenvalue weighted by Crippen LogP contribution is -2.46. The number of hydrogen-bond acceptors (Lipinski definition) is 8. The number of aliphatic hydroxyl groups is 1. The van der Waals surface area contributed by atoms with Crippen molar-refractivity contribution in [2.75, 3.05) is 20.4 Å². The van der Waals surface area contributed by atoms with Crippen LogP contribution in [0.25, 0.3) is 0 Å². The number of rotatable bonds is 7. The summed E-state index contributed by atoms with van der Waals surface area (Å²) in [5.41, 5.74) is 1.97. The zero-order chi connectivity index (χ0) is 28.5. The Kier molecular flexibility index (Phi) is 7.79. The molecule has 2 heterocycles. The number of hydrogen-bond donors (Lipinski definition) is 2. The third kappa shape index (κ3) is 5.81. The summed E-state index contributed by atoms with van der Waals surface area (Å²) in [6.45, 7) is 6.58. The second-order valence-electron chi connectivity index (χ2n) is 11.7. The number of nitrogens with one attached hydrogen (secondary N) is 1. The molecular formula is C31H38N2O7. The number of carbonyl (C=O) groups excluding carboxylic acids is 2. The summed E-state index contributed by atoms with van der Waals surface area (Å²) in [5, 5.41) is 13.0. The largest absolute Gasteiger partial charge is 0.493 e. The highest BCUT2D eigenvalue weighted by Crippen LogP contribution is 2.55. The van der Waals surface area contributed by atoms with E-state index < -0.39 is 29.8 Å². The Hall–Kier alpha value is -3.56. The first kappa shape index (κ1) is 28.0. The van der Waals surface area contributed by atoms with Gasteiger partial charge in [0.05, 0.1) is 18.6 Å². The monoisotopic (exact) mass is 550 g/mol. The summed E-state index contributed by atoms with van der Waals surface area (Å²) >= 11 is 0. The minimum Gasteiger partial charge on any atom is -0.493 e. The van der Waals surface area contributed by atoms with Crippen LogP contribution in [-0.4, -0.2) is 66.3 Å². The van der Waals surface area contributed by atoms with E-state index in [-0.39, 0.29) is 24.7 Å². The molecule has 3 aliphatic rings. The molecule has 0 fully saturated rings. The molecule has 2 aromatic rings. The first-order chi connectivity index (χ1) is 19.1. The number of nitrogens with zero attached hydrogens (tertiary/aromatic N) is 1. The van der Waals surface area contributed by atoms with E-state index in [0.717, 1.165) is 28.9 Å². The summed E-state index contributed by atoms with van der Waals surface area (Å²) in [7, 11) is 1.63. The average molecular weight is 551 g/mol. The maximum Gasteiger partial charge on any atom is 0.408 e. The Morgan fingerprint density at radius 3 is 2.70 bits per heavy atom. The highest BCUT2D eigenvalue weighted by Gasteiger charge is 2.52. The Bertz CT molecular complexity index is 1270. The molecule has 1 amide bonds. The number of aliphatic hydroxyl groups excluding tert-OH is 1. The Morgan fingerprint density at radius 2 is 1.98 bits per heavy atom. The number of methoxy groups -OCH3 is 1. The van der Waals surface area contributed by atoms with Gasteiger partial charge in [-0.2, -0.15) is 0 Å². The molecule has 9 nitrogen and oxygen atoms in total. The van der Waals surface area contributed by atoms with E-state index in [9.17, 15) is 14.7 Å². The lowest BCUT2D eigenvalue weighted by Gasteiger charge is -2.35. The minimum atomic E-state index is -0.904. The average Bonchev–Trinajstić information content (AvgIpc) is 3.14. The second-order valence-corrected chi connectivity index (χ2v) is 11.7. The summed E-state index contributed by atoms with van der Waals surface area (Å²) in [4.78, 5) is 27.9. The van der Waals surface area contributed by atoms with Gasteiger partial charge in [0, 0.05) is 31.5 Å². The summed E-state index contributed by atoms with van der Waals surface area (Å²) in [6, 6.07) is 12.5. The molecule has 1 aliphatic carbocycles. The number of alkyl carbamates (subject to hydrolysis) is 1. The second kappa shape index (κ2) is 11.1. The van der Waals surface area contributed by atoms with Gasteiger partial charge in [-0.05, 0) is 44.4 Å². The fraction of sp³-hybridized carbons (Fsp3) is 0.484. The van der Waals surface area contributed by atoms with Crippen molar-refractivity contribution < 1.29 is 33.6 Å². The number of ether oxygens (including phenoxy) is 4. The normalized spacial score (nSPS) is 24.1. The first-order valence-electron chi connectivity index (χ1n) is 13.7. The van der Waals surface area contributed by atoms with E-state index >= 15 is 0 Å². The van der Waals surface area contributed by atoms with Crippen molar-refractivity contribution in [2.45, 2.75) is 75.8 Å². The molecule has 0 saturated heterocycles. The molecule has 0 radical (unpaired) electrons. The quantitative estimate of drug-likeness (QED) is 0.396. The molecular weight excluding hydrogens is 512 g/mol. The Morgan fingerprint density at radius 1 is 1.20 bits per heavy atom. The van der Waals surface area contributed by atoms with Crippen LogP contribution in [0.1, 0.15) is 50.3 Å². The predicted molar refractivity (Wildman–Crippen MR) is 148 cm³/mol. The number of carbonyl (C=O) groups is 2. The zero-order valence-corrected chi connectivity index (χ0v) is 23.5. The molecule has 0 bridgehead atoms. The first-order valence-corrected chi connectivity index (χ1v) is 13.7. The lowest BCUT2D eigenvalue weighted by atomic mass is 9.69. The van der Waals surface area contributed by atoms with Gasteiger partial charge in [0.1, 0.15) is 24.5 Å². The Balaban J connectivity index is 1.32. The third-order valence-electron chi connectivity index (χ3n) is 7.68. The van der Waals surface area contributed by atoms with Gasteiger partial charge in [-0.1, -0.05) is 48.6 Å². The predicted octanol–water partition coefficient (Wildman–Crippen LogP) is 3.86. The van der Waals surface area contributed by atoms with Crippen LogP contribution in [-0.2, 0) is 32.6 Å². The van der Waals surface area contributed by atoms with E-state index in [2.05, 4.69) is 16.3 Å². The summed E-state index contributed by atoms with van der Waals surface area (Å²) < 4.78 is 23.2. The molecule has 0 aromatic heterocycles. The molecule has 40 heavy (non-hydrogen) atoms. The van der Waals surface area contributed by atoms with Crippen LogP contribution in [0.4, 0.5) is 4.79 Å². The van der Waals surface area contributed by atoms with Gasteiger partial charge in [-0.15, -0.1) is 0 Å². The van der Waals surface area contributed by atoms with Gasteiger partial charge in [-0.3, -0.25) is 4.90 Å². The highest BCUT2D eigenvalue weighted by atomic mass is 16.6. The summed E-state index contributed by atoms with van der Waals surface area (Å²) in [5.74, 6) is 0.873. The van der Waals surface area contributed by atoms with Gasteiger partial charge in [0.2, 0.25) is 0 Å². The van der Waals surface area contributed by atoms with Gasteiger partial charge in [-0.25, -0.2) is 9.59 Å². The van der Waals surface area contributed by atoms with E-state index in [1.165, 1.54) is 0 Å². The molecule has 9 heteroatoms. The maximum absolute atomic E-state index is 13.3. The van der Waals surface area contributed by atoms with E-state index in [1.54, 1.807) is 27.9 Å². The fourth-order valence-electron chi connectivity index (χ4n) is 5.85. The molecule has 5 rings (SSSR count). The highest BCUT2D eigenvalue weighted by molar-refractivity contribution is 5.81. The molecule has 1 spiro atoms. The van der Waals surface area contributed by atoms with E-state index in [4.69, 9.17) is 18.9 Å². The molecule has 4 atom stereocenters. The van der Waals surface area contributed by atoms with Crippen molar-refractivity contribution in [1.82, 2.24) is 10.2 Å². The standard InChI is InChI=1S/C31H38N2O7/c1-30(2,3)40-29(36)32-23(16-20-8-6-5-7-9-20)28(35)38-19-33-15-14-31-13-12-22(34)17-25(31)39-27-24(37-4)11-10-21(18-33)26(27)31/h5-13,22-23,25,34H,14-19H2,1-4H3,(H,32,36)/t22-,23?,25-,31-/m0/s1. The van der Waals surface area contributed by atoms with E-state index in [1.807, 2.05) is 48.5 Å². The molecule has 2 N–H and O–H groups in total. The molecule has 214 valence electrons. The third-order valence-corrected chi connectivity index (χ3v) is 7.68. The minimum absolute atomic E-state index is 0.0644. The van der Waals surface area contributed by atoms with Crippen LogP contribution in [0, 0.1) is 0 Å². The zero-order valence-electron chi connectivity index (χ0n) is 23.5. The fourth-order valence-corrected chi connectivity index (χ4v) is 5.85. The molecule has 1 unspecified atom stereocenters. The molecule has 2 aromatic carbocycles. The summed E-state index contributed by atoms with van der Waals surface area (Å²) in [6.07, 6.45) is 4.01. The van der Waals surface area contributed by atoms with Crippen LogP contribution >= 0.6 is 0 Å². The van der Waals surface area contributed by atoms with Gasteiger partial charge < -0.3 is 29.4 Å². The van der Waals surface area contributed by atoms with Crippen molar-refractivity contribution in [3.8, 4) is 11.5 Å². The topological polar surface area (TPSA) is 107 Å². The molecule has 2 aliphatic heterocycles. The SMILES string of the molecule is COc1ccc2c3c1O[C@H]1C[C@@H](O)C=C[C@@]31CCN(COC(=O)C(Cc1ccccc1)NC(=O)OC(C)(C)C)C2. The lowest BCUT2D eigenvalue weighted by molar-refractivity contribution is -0.151. The van der Waals surface area contributed by atoms with Gasteiger partial charge in [0.25, 0.3) is 0 Å².